The zero-order valence-electron chi connectivity index (χ0n) is 26.4. The van der Waals surface area contributed by atoms with Gasteiger partial charge >= 0.3 is 0 Å². The van der Waals surface area contributed by atoms with Gasteiger partial charge in [0.05, 0.1) is 0 Å². The van der Waals surface area contributed by atoms with Crippen LogP contribution in [0.15, 0.2) is 79.3 Å². The molecule has 1 amide bonds. The summed E-state index contributed by atoms with van der Waals surface area (Å²) >= 11 is 0. The summed E-state index contributed by atoms with van der Waals surface area (Å²) in [6, 6.07) is 17.3. The van der Waals surface area contributed by atoms with Gasteiger partial charge in [-0.3, -0.25) is 4.79 Å². The highest BCUT2D eigenvalue weighted by atomic mass is 16.1. The molecule has 41 heavy (non-hydrogen) atoms. The number of likely N-dealkylation sites (N-methyl/N-ethyl adjacent to an activating group) is 1. The Morgan fingerprint density at radius 1 is 1.00 bits per heavy atom. The van der Waals surface area contributed by atoms with Crippen molar-refractivity contribution in [2.75, 3.05) is 33.2 Å². The summed E-state index contributed by atoms with van der Waals surface area (Å²) in [7, 11) is 2.17. The first-order valence-electron chi connectivity index (χ1n) is 15.2. The molecule has 1 aliphatic rings. The fourth-order valence-electron chi connectivity index (χ4n) is 4.80. The van der Waals surface area contributed by atoms with Crippen molar-refractivity contribution >= 4 is 11.5 Å². The van der Waals surface area contributed by atoms with E-state index in [1.165, 1.54) is 28.0 Å². The van der Waals surface area contributed by atoms with Gasteiger partial charge in [0, 0.05) is 70.2 Å². The number of allylic oxidation sites excluding steroid dienone is 2. The second kappa shape index (κ2) is 18.2. The van der Waals surface area contributed by atoms with E-state index in [9.17, 15) is 4.79 Å². The van der Waals surface area contributed by atoms with Crippen LogP contribution in [0.3, 0.4) is 0 Å². The van der Waals surface area contributed by atoms with Gasteiger partial charge in [-0.15, -0.1) is 0 Å². The number of hydrogen-bond acceptors (Lipinski definition) is 5. The highest BCUT2D eigenvalue weighted by Gasteiger charge is 2.23. The van der Waals surface area contributed by atoms with Gasteiger partial charge in [0.1, 0.15) is 0 Å². The summed E-state index contributed by atoms with van der Waals surface area (Å²) in [5, 5.41) is 10.7. The molecule has 0 atom stereocenters. The molecule has 1 aliphatic heterocycles. The van der Waals surface area contributed by atoms with Crippen molar-refractivity contribution in [1.29, 1.82) is 0 Å². The number of aryl methyl sites for hydroxylation is 1. The van der Waals surface area contributed by atoms with Crippen LogP contribution in [0, 0.1) is 6.92 Å². The summed E-state index contributed by atoms with van der Waals surface area (Å²) in [4.78, 5) is 13.1. The quantitative estimate of drug-likeness (QED) is 0.234. The zero-order chi connectivity index (χ0) is 30.2. The fourth-order valence-corrected chi connectivity index (χ4v) is 4.80. The number of carbonyl (C=O) groups is 1. The molecule has 2 aromatic carbocycles. The molecule has 0 bridgehead atoms. The molecule has 0 fully saturated rings. The number of nitrogens with zero attached hydrogens (tertiary/aromatic N) is 3. The Hall–Kier alpha value is -3.35. The molecule has 6 nitrogen and oxygen atoms in total. The highest BCUT2D eigenvalue weighted by Crippen LogP contribution is 2.27. The van der Waals surface area contributed by atoms with Gasteiger partial charge in [-0.25, -0.2) is 5.01 Å². The highest BCUT2D eigenvalue weighted by molar-refractivity contribution is 5.75. The Morgan fingerprint density at radius 2 is 1.68 bits per heavy atom. The molecule has 0 radical (unpaired) electrons. The van der Waals surface area contributed by atoms with Crippen LogP contribution < -0.4 is 10.6 Å². The number of amides is 1. The normalized spacial score (nSPS) is 12.7. The Morgan fingerprint density at radius 3 is 2.24 bits per heavy atom. The molecule has 0 unspecified atom stereocenters. The number of nitrogens with one attached hydrogen (secondary N) is 2. The van der Waals surface area contributed by atoms with E-state index >= 15 is 0 Å². The van der Waals surface area contributed by atoms with Gasteiger partial charge in [0.2, 0.25) is 5.91 Å². The summed E-state index contributed by atoms with van der Waals surface area (Å²) in [6.07, 6.45) is 5.56. The van der Waals surface area contributed by atoms with Crippen molar-refractivity contribution in [3.05, 3.63) is 102 Å². The molecular weight excluding hydrogens is 506 g/mol. The molecule has 0 saturated heterocycles. The lowest BCUT2D eigenvalue weighted by Crippen LogP contribution is -2.35. The molecule has 2 aromatic rings. The molecule has 0 spiro atoms. The third-order valence-electron chi connectivity index (χ3n) is 7.27. The molecular formula is C35H53N5O. The maximum Gasteiger partial charge on any atom is 0.220 e. The van der Waals surface area contributed by atoms with Crippen molar-refractivity contribution < 1.29 is 4.79 Å². The summed E-state index contributed by atoms with van der Waals surface area (Å²) in [5.41, 5.74) is 8.76. The summed E-state index contributed by atoms with van der Waals surface area (Å²) < 4.78 is 0. The number of benzene rings is 2. The Kier molecular flexibility index (Phi) is 15.0. The van der Waals surface area contributed by atoms with Crippen molar-refractivity contribution in [2.45, 2.75) is 73.4 Å². The average Bonchev–Trinajstić information content (AvgIpc) is 3.41. The standard InChI is InChI=1S/C27H35N3.C8H18N2O/c1-7-27(28(6)30-18-25-13-9-10-14-26(25)19-30)20-29(8-2)23(5)17-22(4)24-15-11-12-21(3)16-24;1-3-5-8(11)10-7-6-9-4-2/h9-16,20H,4-5,7-8,17-19H2,1-3,6H3;9H,3-7H2,1-2H3,(H,10,11)/b27-20-;. The van der Waals surface area contributed by atoms with E-state index in [1.54, 1.807) is 0 Å². The van der Waals surface area contributed by atoms with E-state index in [4.69, 9.17) is 0 Å². The van der Waals surface area contributed by atoms with Gasteiger partial charge < -0.3 is 20.5 Å². The van der Waals surface area contributed by atoms with E-state index in [0.29, 0.717) is 6.42 Å². The predicted molar refractivity (Wildman–Crippen MR) is 175 cm³/mol. The first kappa shape index (κ1) is 33.9. The second-order valence-corrected chi connectivity index (χ2v) is 10.5. The van der Waals surface area contributed by atoms with Gasteiger partial charge in [0.25, 0.3) is 0 Å². The third kappa shape index (κ3) is 11.2. The number of rotatable bonds is 15. The fraction of sp³-hybridized carbons (Fsp3) is 0.457. The monoisotopic (exact) mass is 559 g/mol. The van der Waals surface area contributed by atoms with Crippen LogP contribution in [0.5, 0.6) is 0 Å². The average molecular weight is 560 g/mol. The molecule has 224 valence electrons. The van der Waals surface area contributed by atoms with Crippen molar-refractivity contribution in [2.24, 2.45) is 0 Å². The maximum absolute atomic E-state index is 10.9. The van der Waals surface area contributed by atoms with E-state index in [1.807, 2.05) is 13.8 Å². The molecule has 3 rings (SSSR count). The molecule has 6 heteroatoms. The van der Waals surface area contributed by atoms with Crippen LogP contribution in [0.1, 0.15) is 75.6 Å². The van der Waals surface area contributed by atoms with Crippen molar-refractivity contribution in [3.63, 3.8) is 0 Å². The van der Waals surface area contributed by atoms with E-state index in [0.717, 1.165) is 69.8 Å². The molecule has 0 aromatic heterocycles. The first-order valence-corrected chi connectivity index (χ1v) is 15.2. The second-order valence-electron chi connectivity index (χ2n) is 10.5. The number of hydrogen-bond donors (Lipinski definition) is 2. The minimum atomic E-state index is 0.158. The lowest BCUT2D eigenvalue weighted by molar-refractivity contribution is -0.121. The van der Waals surface area contributed by atoms with Crippen LogP contribution in [0.25, 0.3) is 5.57 Å². The number of fused-ring (bicyclic) bond motifs is 1. The SMILES string of the molecule is C=C(CC(=C)N(/C=C(/CC)N(C)N1Cc2ccccc2C1)CC)c1cccc(C)c1.CCCC(=O)NCCNCC. The lowest BCUT2D eigenvalue weighted by Gasteiger charge is -2.33. The Balaban J connectivity index is 0.000000454. The molecule has 0 saturated carbocycles. The largest absolute Gasteiger partial charge is 0.355 e. The van der Waals surface area contributed by atoms with Crippen LogP contribution in [0.2, 0.25) is 0 Å². The van der Waals surface area contributed by atoms with Crippen LogP contribution in [-0.2, 0) is 17.9 Å². The third-order valence-corrected chi connectivity index (χ3v) is 7.27. The van der Waals surface area contributed by atoms with Gasteiger partial charge in [0.15, 0.2) is 0 Å². The Bertz CT molecular complexity index is 1130. The van der Waals surface area contributed by atoms with Crippen molar-refractivity contribution in [1.82, 2.24) is 25.6 Å². The topological polar surface area (TPSA) is 50.9 Å². The maximum atomic E-state index is 10.9. The van der Waals surface area contributed by atoms with Crippen LogP contribution >= 0.6 is 0 Å². The van der Waals surface area contributed by atoms with E-state index in [-0.39, 0.29) is 5.91 Å². The van der Waals surface area contributed by atoms with Crippen LogP contribution in [0.4, 0.5) is 0 Å². The predicted octanol–water partition coefficient (Wildman–Crippen LogP) is 6.86. The van der Waals surface area contributed by atoms with Crippen molar-refractivity contribution in [3.8, 4) is 0 Å². The van der Waals surface area contributed by atoms with Gasteiger partial charge in [-0.1, -0.05) is 88.0 Å². The van der Waals surface area contributed by atoms with Gasteiger partial charge in [-0.05, 0) is 55.5 Å². The molecule has 0 aliphatic carbocycles. The minimum absolute atomic E-state index is 0.158. The van der Waals surface area contributed by atoms with Crippen LogP contribution in [-0.4, -0.2) is 54.1 Å². The summed E-state index contributed by atoms with van der Waals surface area (Å²) in [6.45, 7) is 24.6. The summed E-state index contributed by atoms with van der Waals surface area (Å²) in [5.74, 6) is 0.158. The van der Waals surface area contributed by atoms with Gasteiger partial charge in [-0.2, -0.15) is 0 Å². The van der Waals surface area contributed by atoms with E-state index in [2.05, 4.69) is 121 Å². The smallest absolute Gasteiger partial charge is 0.220 e. The van der Waals surface area contributed by atoms with E-state index < -0.39 is 0 Å². The first-order chi connectivity index (χ1) is 19.7. The Labute approximate surface area is 249 Å². The minimum Gasteiger partial charge on any atom is -0.355 e. The lowest BCUT2D eigenvalue weighted by atomic mass is 10.0. The molecule has 2 N–H and O–H groups in total. The number of hydrazine groups is 1. The zero-order valence-corrected chi connectivity index (χ0v) is 26.4. The number of carbonyl (C=O) groups excluding carboxylic acids is 1. The molecule has 1 heterocycles.